The number of methoxy groups -OCH3 is 2. The van der Waals surface area contributed by atoms with E-state index in [1.807, 2.05) is 24.4 Å². The van der Waals surface area contributed by atoms with Crippen LogP contribution in [0.1, 0.15) is 18.4 Å². The average Bonchev–Trinajstić information content (AvgIpc) is 3.61. The summed E-state index contributed by atoms with van der Waals surface area (Å²) in [5.74, 6) is 0.713. The number of nitrogens with one attached hydrogen (secondary N) is 1. The summed E-state index contributed by atoms with van der Waals surface area (Å²) in [4.78, 5) is 4.36. The Labute approximate surface area is 234 Å². The van der Waals surface area contributed by atoms with Crippen LogP contribution in [0, 0.1) is 0 Å². The number of aromatic nitrogens is 3. The molecule has 0 unspecified atom stereocenters. The molecule has 1 aliphatic heterocycles. The highest BCUT2D eigenvalue weighted by Gasteiger charge is 2.26. The first-order valence-electron chi connectivity index (χ1n) is 13.0. The van der Waals surface area contributed by atoms with E-state index in [0.29, 0.717) is 23.3 Å². The van der Waals surface area contributed by atoms with Crippen molar-refractivity contribution in [1.29, 1.82) is 0 Å². The number of ether oxygens (including phenoxy) is 2. The van der Waals surface area contributed by atoms with Crippen LogP contribution < -0.4 is 19.1 Å². The minimum atomic E-state index is -4.09. The van der Waals surface area contributed by atoms with E-state index < -0.39 is 10.0 Å². The highest BCUT2D eigenvalue weighted by molar-refractivity contribution is 7.92. The molecule has 212 valence electrons. The molecule has 0 saturated carbocycles. The molecule has 40 heavy (non-hydrogen) atoms. The number of fused-ring (bicyclic) bond motifs is 1. The summed E-state index contributed by atoms with van der Waals surface area (Å²) in [5, 5.41) is 8.69. The lowest BCUT2D eigenvalue weighted by Gasteiger charge is -2.31. The van der Waals surface area contributed by atoms with Crippen molar-refractivity contribution in [3.8, 4) is 11.5 Å². The van der Waals surface area contributed by atoms with Crippen LogP contribution in [0.2, 0.25) is 0 Å². The Morgan fingerprint density at radius 1 is 1.10 bits per heavy atom. The third kappa shape index (κ3) is 5.92. The smallest absolute Gasteiger partial charge is 0.266 e. The molecule has 2 aromatic carbocycles. The number of hydrogen-bond acceptors (Lipinski definition) is 9. The van der Waals surface area contributed by atoms with Gasteiger partial charge in [-0.25, -0.2) is 8.42 Å². The van der Waals surface area contributed by atoms with Crippen LogP contribution in [0.5, 0.6) is 11.5 Å². The third-order valence-corrected chi connectivity index (χ3v) is 8.27. The van der Waals surface area contributed by atoms with Crippen molar-refractivity contribution in [2.24, 2.45) is 0 Å². The largest absolute Gasteiger partial charge is 0.496 e. The van der Waals surface area contributed by atoms with Gasteiger partial charge < -0.3 is 23.8 Å². The van der Waals surface area contributed by atoms with Crippen LogP contribution in [0.4, 0.5) is 11.5 Å². The zero-order valence-electron chi connectivity index (χ0n) is 23.1. The van der Waals surface area contributed by atoms with Crippen molar-refractivity contribution in [3.63, 3.8) is 0 Å². The molecule has 12 heteroatoms. The third-order valence-electron chi connectivity index (χ3n) is 6.91. The van der Waals surface area contributed by atoms with E-state index in [-0.39, 0.29) is 16.5 Å². The fourth-order valence-corrected chi connectivity index (χ4v) is 6.01. The maximum Gasteiger partial charge on any atom is 0.266 e. The summed E-state index contributed by atoms with van der Waals surface area (Å²) in [5.41, 5.74) is 3.51. The summed E-state index contributed by atoms with van der Waals surface area (Å²) in [6.45, 7) is 3.03. The van der Waals surface area contributed by atoms with E-state index in [1.54, 1.807) is 29.1 Å². The van der Waals surface area contributed by atoms with Crippen LogP contribution in [-0.2, 0) is 16.6 Å². The maximum absolute atomic E-state index is 13.7. The van der Waals surface area contributed by atoms with Gasteiger partial charge in [-0.2, -0.15) is 5.10 Å². The quantitative estimate of drug-likeness (QED) is 0.285. The maximum atomic E-state index is 13.7. The molecule has 1 aliphatic rings. The van der Waals surface area contributed by atoms with Crippen molar-refractivity contribution >= 4 is 32.5 Å². The van der Waals surface area contributed by atoms with Gasteiger partial charge in [-0.3, -0.25) is 9.40 Å². The van der Waals surface area contributed by atoms with Gasteiger partial charge in [0.1, 0.15) is 21.8 Å². The van der Waals surface area contributed by atoms with Gasteiger partial charge >= 0.3 is 0 Å². The van der Waals surface area contributed by atoms with Gasteiger partial charge in [0, 0.05) is 37.7 Å². The van der Waals surface area contributed by atoms with Crippen LogP contribution in [-0.4, -0.2) is 76.2 Å². The lowest BCUT2D eigenvalue weighted by atomic mass is 10.0. The van der Waals surface area contributed by atoms with E-state index in [9.17, 15) is 8.42 Å². The Hall–Kier alpha value is -4.03. The van der Waals surface area contributed by atoms with Crippen LogP contribution >= 0.6 is 0 Å². The van der Waals surface area contributed by atoms with Crippen molar-refractivity contribution in [2.75, 3.05) is 57.6 Å². The molecule has 1 fully saturated rings. The molecule has 0 bridgehead atoms. The van der Waals surface area contributed by atoms with Gasteiger partial charge in [0.25, 0.3) is 10.0 Å². The molecule has 0 aliphatic carbocycles. The Morgan fingerprint density at radius 2 is 1.88 bits per heavy atom. The van der Waals surface area contributed by atoms with Crippen molar-refractivity contribution < 1.29 is 22.4 Å². The van der Waals surface area contributed by atoms with Crippen LogP contribution in [0.15, 0.2) is 69.9 Å². The number of likely N-dealkylation sites (N-methyl/N-ethyl adjacent to an activating group) is 1. The predicted octanol–water partition coefficient (Wildman–Crippen LogP) is 3.98. The topological polar surface area (TPSA) is 115 Å². The minimum absolute atomic E-state index is 0.0202. The monoisotopic (exact) mass is 566 g/mol. The number of sulfonamides is 1. The van der Waals surface area contributed by atoms with Gasteiger partial charge in [-0.1, -0.05) is 16.8 Å². The molecule has 1 N–H and O–H groups in total. The molecule has 0 atom stereocenters. The lowest BCUT2D eigenvalue weighted by Crippen LogP contribution is -2.31. The van der Waals surface area contributed by atoms with Gasteiger partial charge in [-0.15, -0.1) is 0 Å². The van der Waals surface area contributed by atoms with E-state index in [2.05, 4.69) is 44.9 Å². The van der Waals surface area contributed by atoms with Gasteiger partial charge in [0.05, 0.1) is 20.8 Å². The van der Waals surface area contributed by atoms with E-state index >= 15 is 0 Å². The second-order valence-corrected chi connectivity index (χ2v) is 11.6. The standard InChI is InChI=1S/C28H34N6O5S/c1-32(2)13-8-20-9-14-33(15-10-20)22-6-7-23(37-3)26(18-22)40(35,36)31-28-27-24(38-4)16-21(17-25(27)39-30-28)19-34-12-5-11-29-34/h5-8,11-12,16-18H,9-10,13-15,19H2,1-4H3,(H,30,31). The second kappa shape index (κ2) is 11.6. The number of anilines is 2. The van der Waals surface area contributed by atoms with E-state index in [1.165, 1.54) is 19.8 Å². The zero-order valence-corrected chi connectivity index (χ0v) is 23.9. The van der Waals surface area contributed by atoms with Gasteiger partial charge in [0.2, 0.25) is 0 Å². The highest BCUT2D eigenvalue weighted by Crippen LogP contribution is 2.37. The SMILES string of the molecule is COc1ccc(N2CCC(=CCN(C)C)CC2)cc1S(=O)(=O)Nc1noc2cc(Cn3cccn3)cc(OC)c12. The number of nitrogens with zero attached hydrogens (tertiary/aromatic N) is 5. The first-order chi connectivity index (χ1) is 19.3. The molecule has 0 spiro atoms. The van der Waals surface area contributed by atoms with Crippen molar-refractivity contribution in [1.82, 2.24) is 19.8 Å². The lowest BCUT2D eigenvalue weighted by molar-refractivity contribution is 0.403. The van der Waals surface area contributed by atoms with Gasteiger partial charge in [-0.05, 0) is 68.9 Å². The molecule has 3 heterocycles. The molecule has 11 nitrogen and oxygen atoms in total. The Balaban J connectivity index is 1.40. The molecule has 5 rings (SSSR count). The van der Waals surface area contributed by atoms with Gasteiger partial charge in [0.15, 0.2) is 11.4 Å². The Kier molecular flexibility index (Phi) is 7.99. The molecule has 4 aromatic rings. The van der Waals surface area contributed by atoms with E-state index in [4.69, 9.17) is 14.0 Å². The fraction of sp³-hybridized carbons (Fsp3) is 0.357. The minimum Gasteiger partial charge on any atom is -0.496 e. The number of hydrogen-bond donors (Lipinski definition) is 1. The van der Waals surface area contributed by atoms with Crippen molar-refractivity contribution in [3.05, 3.63) is 66.0 Å². The van der Waals surface area contributed by atoms with Crippen molar-refractivity contribution in [2.45, 2.75) is 24.3 Å². The summed E-state index contributed by atoms with van der Waals surface area (Å²) in [7, 11) is 2.98. The van der Waals surface area contributed by atoms with Crippen LogP contribution in [0.3, 0.4) is 0 Å². The molecule has 1 saturated heterocycles. The predicted molar refractivity (Wildman–Crippen MR) is 154 cm³/mol. The first-order valence-corrected chi connectivity index (χ1v) is 14.5. The normalized spacial score (nSPS) is 14.1. The zero-order chi connectivity index (χ0) is 28.3. The number of benzene rings is 2. The second-order valence-electron chi connectivity index (χ2n) is 9.96. The molecule has 2 aromatic heterocycles. The summed E-state index contributed by atoms with van der Waals surface area (Å²) in [6, 6.07) is 10.7. The summed E-state index contributed by atoms with van der Waals surface area (Å²) >= 11 is 0. The van der Waals surface area contributed by atoms with E-state index in [0.717, 1.165) is 43.7 Å². The average molecular weight is 567 g/mol. The molecular formula is C28H34N6O5S. The highest BCUT2D eigenvalue weighted by atomic mass is 32.2. The molecule has 0 amide bonds. The summed E-state index contributed by atoms with van der Waals surface area (Å²) in [6.07, 6.45) is 7.71. The summed E-state index contributed by atoms with van der Waals surface area (Å²) < 4.78 is 48.3. The Morgan fingerprint density at radius 3 is 2.55 bits per heavy atom. The Bertz CT molecular complexity index is 1600. The van der Waals surface area contributed by atoms with Crippen LogP contribution in [0.25, 0.3) is 11.0 Å². The first kappa shape index (κ1) is 27.5. The fourth-order valence-electron chi connectivity index (χ4n) is 4.82. The molecule has 0 radical (unpaired) electrons. The number of rotatable bonds is 10. The number of piperidine rings is 1. The molecular weight excluding hydrogens is 532 g/mol.